The summed E-state index contributed by atoms with van der Waals surface area (Å²) in [7, 11) is 0. The molecular weight excluding hydrogens is 410 g/mol. The SMILES string of the molecule is O=C(NCc1ccco1)C(=Cc1ccc([N+](=O)[O-])cc1)NC(=O)c1ccccc1Cl. The summed E-state index contributed by atoms with van der Waals surface area (Å²) in [5.74, 6) is -0.595. The number of carbonyl (C=O) groups excluding carboxylic acids is 2. The molecule has 0 radical (unpaired) electrons. The summed E-state index contributed by atoms with van der Waals surface area (Å²) in [5.41, 5.74) is 0.548. The highest BCUT2D eigenvalue weighted by Crippen LogP contribution is 2.17. The van der Waals surface area contributed by atoms with Crippen molar-refractivity contribution in [3.05, 3.63) is 105 Å². The van der Waals surface area contributed by atoms with Crippen LogP contribution in [0.5, 0.6) is 0 Å². The lowest BCUT2D eigenvalue weighted by Gasteiger charge is -2.11. The number of nitro benzene ring substituents is 1. The number of hydrogen-bond donors (Lipinski definition) is 2. The molecule has 0 atom stereocenters. The van der Waals surface area contributed by atoms with Crippen molar-refractivity contribution in [1.29, 1.82) is 0 Å². The lowest BCUT2D eigenvalue weighted by Crippen LogP contribution is -2.34. The molecule has 0 spiro atoms. The first kappa shape index (κ1) is 20.8. The Bertz CT molecular complexity index is 1090. The molecule has 0 aliphatic carbocycles. The molecule has 9 heteroatoms. The minimum Gasteiger partial charge on any atom is -0.467 e. The van der Waals surface area contributed by atoms with E-state index in [1.165, 1.54) is 42.7 Å². The van der Waals surface area contributed by atoms with Crippen molar-refractivity contribution in [2.75, 3.05) is 0 Å². The third kappa shape index (κ3) is 5.33. The molecule has 0 fully saturated rings. The number of furan rings is 1. The van der Waals surface area contributed by atoms with Crippen LogP contribution in [0.15, 0.2) is 77.0 Å². The molecule has 0 aliphatic rings. The number of amides is 2. The van der Waals surface area contributed by atoms with Crippen LogP contribution in [0.2, 0.25) is 5.02 Å². The fourth-order valence-corrected chi connectivity index (χ4v) is 2.75. The molecule has 0 aliphatic heterocycles. The number of non-ortho nitro benzene ring substituents is 1. The monoisotopic (exact) mass is 425 g/mol. The molecule has 2 aromatic carbocycles. The molecule has 3 aromatic rings. The molecule has 0 unspecified atom stereocenters. The Balaban J connectivity index is 1.85. The number of nitro groups is 1. The van der Waals surface area contributed by atoms with Crippen molar-refractivity contribution in [1.82, 2.24) is 10.6 Å². The number of hydrogen-bond acceptors (Lipinski definition) is 5. The zero-order valence-electron chi connectivity index (χ0n) is 15.5. The van der Waals surface area contributed by atoms with Crippen LogP contribution in [0, 0.1) is 10.1 Å². The summed E-state index contributed by atoms with van der Waals surface area (Å²) in [6, 6.07) is 15.4. The number of nitrogens with zero attached hydrogens (tertiary/aromatic N) is 1. The molecule has 3 rings (SSSR count). The van der Waals surface area contributed by atoms with Crippen LogP contribution in [0.3, 0.4) is 0 Å². The molecule has 0 bridgehead atoms. The maximum atomic E-state index is 12.7. The molecule has 0 saturated heterocycles. The number of benzene rings is 2. The zero-order chi connectivity index (χ0) is 21.5. The Morgan fingerprint density at radius 2 is 1.80 bits per heavy atom. The molecule has 1 aromatic heterocycles. The van der Waals surface area contributed by atoms with E-state index in [1.807, 2.05) is 0 Å². The number of nitrogens with one attached hydrogen (secondary N) is 2. The first-order valence-corrected chi connectivity index (χ1v) is 9.14. The van der Waals surface area contributed by atoms with Gasteiger partial charge in [0.15, 0.2) is 0 Å². The maximum absolute atomic E-state index is 12.7. The lowest BCUT2D eigenvalue weighted by atomic mass is 10.1. The molecular formula is C21H16ClN3O5. The van der Waals surface area contributed by atoms with Gasteiger partial charge in [0, 0.05) is 12.1 Å². The Hall–Kier alpha value is -3.91. The van der Waals surface area contributed by atoms with Crippen molar-refractivity contribution in [2.45, 2.75) is 6.54 Å². The Kier molecular flexibility index (Phi) is 6.61. The van der Waals surface area contributed by atoms with Crippen LogP contribution in [-0.2, 0) is 11.3 Å². The van der Waals surface area contributed by atoms with Crippen molar-refractivity contribution in [2.24, 2.45) is 0 Å². The Morgan fingerprint density at radius 3 is 2.43 bits per heavy atom. The van der Waals surface area contributed by atoms with Crippen LogP contribution in [-0.4, -0.2) is 16.7 Å². The van der Waals surface area contributed by atoms with E-state index in [2.05, 4.69) is 10.6 Å². The number of rotatable bonds is 7. The van der Waals surface area contributed by atoms with E-state index in [0.717, 1.165) is 0 Å². The third-order valence-electron chi connectivity index (χ3n) is 4.03. The second-order valence-corrected chi connectivity index (χ2v) is 6.51. The summed E-state index contributed by atoms with van der Waals surface area (Å²) in [5, 5.41) is 16.3. The van der Waals surface area contributed by atoms with Gasteiger partial charge in [0.05, 0.1) is 28.3 Å². The summed E-state index contributed by atoms with van der Waals surface area (Å²) in [6.07, 6.45) is 2.89. The Morgan fingerprint density at radius 1 is 1.07 bits per heavy atom. The van der Waals surface area contributed by atoms with Gasteiger partial charge in [-0.1, -0.05) is 23.7 Å². The van der Waals surface area contributed by atoms with Crippen LogP contribution in [0.4, 0.5) is 5.69 Å². The van der Waals surface area contributed by atoms with Gasteiger partial charge in [-0.3, -0.25) is 19.7 Å². The van der Waals surface area contributed by atoms with Crippen molar-refractivity contribution in [3.8, 4) is 0 Å². The van der Waals surface area contributed by atoms with Gasteiger partial charge in [0.2, 0.25) is 0 Å². The van der Waals surface area contributed by atoms with Gasteiger partial charge < -0.3 is 15.1 Å². The second kappa shape index (κ2) is 9.53. The molecule has 1 heterocycles. The van der Waals surface area contributed by atoms with E-state index in [4.69, 9.17) is 16.0 Å². The van der Waals surface area contributed by atoms with Crippen molar-refractivity contribution < 1.29 is 18.9 Å². The molecule has 2 amide bonds. The summed E-state index contributed by atoms with van der Waals surface area (Å²) < 4.78 is 5.18. The minimum atomic E-state index is -0.568. The fourth-order valence-electron chi connectivity index (χ4n) is 2.53. The highest BCUT2D eigenvalue weighted by Gasteiger charge is 2.17. The second-order valence-electron chi connectivity index (χ2n) is 6.10. The standard InChI is InChI=1S/C21H16ClN3O5/c22-18-6-2-1-5-17(18)20(26)24-19(21(27)23-13-16-4-3-11-30-16)12-14-7-9-15(10-8-14)25(28)29/h1-12H,13H2,(H,23,27)(H,24,26). The van der Waals surface area contributed by atoms with Gasteiger partial charge in [-0.25, -0.2) is 0 Å². The van der Waals surface area contributed by atoms with E-state index in [9.17, 15) is 19.7 Å². The van der Waals surface area contributed by atoms with E-state index in [1.54, 1.807) is 30.3 Å². The van der Waals surface area contributed by atoms with Gasteiger partial charge in [-0.05, 0) is 48.0 Å². The summed E-state index contributed by atoms with van der Waals surface area (Å²) >= 11 is 6.06. The maximum Gasteiger partial charge on any atom is 0.269 e. The predicted molar refractivity (Wildman–Crippen MR) is 111 cm³/mol. The minimum absolute atomic E-state index is 0.0553. The van der Waals surface area contributed by atoms with Gasteiger partial charge in [-0.15, -0.1) is 0 Å². The number of carbonyl (C=O) groups is 2. The lowest BCUT2D eigenvalue weighted by molar-refractivity contribution is -0.384. The van der Waals surface area contributed by atoms with Crippen LogP contribution in [0.1, 0.15) is 21.7 Å². The zero-order valence-corrected chi connectivity index (χ0v) is 16.3. The summed E-state index contributed by atoms with van der Waals surface area (Å²) in [4.78, 5) is 35.6. The van der Waals surface area contributed by atoms with Gasteiger partial charge in [0.25, 0.3) is 17.5 Å². The van der Waals surface area contributed by atoms with Gasteiger partial charge in [-0.2, -0.15) is 0 Å². The first-order valence-electron chi connectivity index (χ1n) is 8.76. The summed E-state index contributed by atoms with van der Waals surface area (Å²) in [6.45, 7) is 0.116. The molecule has 152 valence electrons. The van der Waals surface area contributed by atoms with Crippen LogP contribution >= 0.6 is 11.6 Å². The third-order valence-corrected chi connectivity index (χ3v) is 4.36. The molecule has 8 nitrogen and oxygen atoms in total. The molecule has 2 N–H and O–H groups in total. The average molecular weight is 426 g/mol. The van der Waals surface area contributed by atoms with Gasteiger partial charge in [0.1, 0.15) is 11.5 Å². The van der Waals surface area contributed by atoms with Gasteiger partial charge >= 0.3 is 0 Å². The quantitative estimate of drug-likeness (QED) is 0.338. The van der Waals surface area contributed by atoms with Crippen molar-refractivity contribution in [3.63, 3.8) is 0 Å². The highest BCUT2D eigenvalue weighted by molar-refractivity contribution is 6.34. The average Bonchev–Trinajstić information content (AvgIpc) is 3.26. The molecule has 0 saturated carbocycles. The van der Waals surface area contributed by atoms with E-state index >= 15 is 0 Å². The van der Waals surface area contributed by atoms with Crippen molar-refractivity contribution >= 4 is 35.2 Å². The van der Waals surface area contributed by atoms with E-state index in [0.29, 0.717) is 11.3 Å². The largest absolute Gasteiger partial charge is 0.467 e. The topological polar surface area (TPSA) is 114 Å². The highest BCUT2D eigenvalue weighted by atomic mass is 35.5. The smallest absolute Gasteiger partial charge is 0.269 e. The number of halogens is 1. The van der Waals surface area contributed by atoms with Crippen LogP contribution < -0.4 is 10.6 Å². The fraction of sp³-hybridized carbons (Fsp3) is 0.0476. The normalized spacial score (nSPS) is 11.0. The van der Waals surface area contributed by atoms with Crippen LogP contribution in [0.25, 0.3) is 6.08 Å². The van der Waals surface area contributed by atoms with E-state index in [-0.39, 0.29) is 28.5 Å². The predicted octanol–water partition coefficient (Wildman–Crippen LogP) is 3.93. The van der Waals surface area contributed by atoms with E-state index < -0.39 is 16.7 Å². The molecule has 30 heavy (non-hydrogen) atoms. The first-order chi connectivity index (χ1) is 14.4. The Labute approximate surface area is 176 Å².